The van der Waals surface area contributed by atoms with Gasteiger partial charge in [0, 0.05) is 10.5 Å². The lowest BCUT2D eigenvalue weighted by Gasteiger charge is -2.10. The van der Waals surface area contributed by atoms with E-state index >= 15 is 0 Å². The van der Waals surface area contributed by atoms with E-state index in [1.54, 1.807) is 32.0 Å². The van der Waals surface area contributed by atoms with E-state index in [9.17, 15) is 0 Å². The van der Waals surface area contributed by atoms with E-state index in [0.29, 0.717) is 11.5 Å². The number of hydrogen-bond acceptors (Lipinski definition) is 5. The van der Waals surface area contributed by atoms with Gasteiger partial charge >= 0.3 is 0 Å². The summed E-state index contributed by atoms with van der Waals surface area (Å²) in [5.74, 6) is 1.28. The zero-order valence-corrected chi connectivity index (χ0v) is 9.67. The number of ether oxygens (including phenoxy) is 2. The lowest BCUT2D eigenvalue weighted by Crippen LogP contribution is -1.94. The quantitative estimate of drug-likeness (QED) is 0.371. The highest BCUT2D eigenvalue weighted by atomic mass is 32.2. The Kier molecular flexibility index (Phi) is 4.30. The van der Waals surface area contributed by atoms with Crippen LogP contribution in [0.25, 0.3) is 0 Å². The summed E-state index contributed by atoms with van der Waals surface area (Å²) in [5, 5.41) is 11.5. The summed E-state index contributed by atoms with van der Waals surface area (Å²) in [6, 6.07) is 3.62. The Labute approximate surface area is 92.9 Å². The molecule has 0 aliphatic heterocycles. The largest absolute Gasteiger partial charge is 0.493 e. The normalized spacial score (nSPS) is 10.6. The van der Waals surface area contributed by atoms with Gasteiger partial charge in [-0.1, -0.05) is 5.16 Å². The van der Waals surface area contributed by atoms with Gasteiger partial charge in [0.25, 0.3) is 0 Å². The topological polar surface area (TPSA) is 51.0 Å². The maximum atomic E-state index is 8.52. The van der Waals surface area contributed by atoms with Gasteiger partial charge in [0.1, 0.15) is 0 Å². The second kappa shape index (κ2) is 5.50. The number of oxime groups is 1. The van der Waals surface area contributed by atoms with Crippen LogP contribution in [0.5, 0.6) is 11.5 Å². The first-order chi connectivity index (χ1) is 7.26. The minimum Gasteiger partial charge on any atom is -0.493 e. The van der Waals surface area contributed by atoms with Crippen LogP contribution < -0.4 is 9.47 Å². The average molecular weight is 227 g/mol. The van der Waals surface area contributed by atoms with Gasteiger partial charge in [-0.15, -0.1) is 11.8 Å². The van der Waals surface area contributed by atoms with Crippen molar-refractivity contribution in [3.63, 3.8) is 0 Å². The van der Waals surface area contributed by atoms with Crippen LogP contribution in [0, 0.1) is 0 Å². The van der Waals surface area contributed by atoms with E-state index in [-0.39, 0.29) is 0 Å². The number of benzene rings is 1. The van der Waals surface area contributed by atoms with Gasteiger partial charge in [-0.05, 0) is 18.4 Å². The van der Waals surface area contributed by atoms with E-state index in [4.69, 9.17) is 14.7 Å². The summed E-state index contributed by atoms with van der Waals surface area (Å²) in [6.07, 6.45) is 3.31. The molecule has 0 atom stereocenters. The van der Waals surface area contributed by atoms with Crippen molar-refractivity contribution >= 4 is 18.0 Å². The van der Waals surface area contributed by atoms with Gasteiger partial charge in [-0.2, -0.15) is 0 Å². The van der Waals surface area contributed by atoms with Crippen molar-refractivity contribution < 1.29 is 14.7 Å². The van der Waals surface area contributed by atoms with E-state index in [1.807, 2.05) is 12.3 Å². The maximum Gasteiger partial charge on any atom is 0.161 e. The van der Waals surface area contributed by atoms with Crippen molar-refractivity contribution in [3.05, 3.63) is 17.7 Å². The van der Waals surface area contributed by atoms with Gasteiger partial charge in [0.2, 0.25) is 0 Å². The molecule has 4 nitrogen and oxygen atoms in total. The Morgan fingerprint density at radius 2 is 1.87 bits per heavy atom. The molecule has 0 amide bonds. The first kappa shape index (κ1) is 11.7. The van der Waals surface area contributed by atoms with Crippen LogP contribution in [0.4, 0.5) is 0 Å². The predicted molar refractivity (Wildman–Crippen MR) is 60.7 cm³/mol. The Morgan fingerprint density at radius 1 is 1.27 bits per heavy atom. The molecule has 1 rings (SSSR count). The van der Waals surface area contributed by atoms with Crippen LogP contribution in [-0.2, 0) is 0 Å². The highest BCUT2D eigenvalue weighted by Crippen LogP contribution is 2.33. The molecule has 0 saturated heterocycles. The molecule has 0 unspecified atom stereocenters. The van der Waals surface area contributed by atoms with Crippen LogP contribution in [0.3, 0.4) is 0 Å². The lowest BCUT2D eigenvalue weighted by atomic mass is 10.2. The van der Waals surface area contributed by atoms with Crippen molar-refractivity contribution in [1.82, 2.24) is 0 Å². The molecule has 1 aromatic carbocycles. The third-order valence-corrected chi connectivity index (χ3v) is 2.73. The van der Waals surface area contributed by atoms with E-state index in [0.717, 1.165) is 10.5 Å². The molecule has 0 heterocycles. The summed E-state index contributed by atoms with van der Waals surface area (Å²) >= 11 is 1.55. The molecule has 0 aromatic heterocycles. The third kappa shape index (κ3) is 2.56. The zero-order valence-electron chi connectivity index (χ0n) is 8.85. The molecule has 15 heavy (non-hydrogen) atoms. The molecule has 0 fully saturated rings. The Hall–Kier alpha value is -1.36. The summed E-state index contributed by atoms with van der Waals surface area (Å²) in [6.45, 7) is 0. The van der Waals surface area contributed by atoms with Crippen LogP contribution in [-0.4, -0.2) is 31.9 Å². The standard InChI is InChI=1S/C10H13NO3S/c1-13-8-4-7(6-11-12)10(15-3)5-9(8)14-2/h4-6,12H,1-3H3/b11-6+. The van der Waals surface area contributed by atoms with E-state index in [2.05, 4.69) is 5.16 Å². The van der Waals surface area contributed by atoms with Crippen molar-refractivity contribution in [2.24, 2.45) is 5.16 Å². The Morgan fingerprint density at radius 3 is 2.33 bits per heavy atom. The molecule has 0 spiro atoms. The third-order valence-electron chi connectivity index (χ3n) is 1.93. The van der Waals surface area contributed by atoms with Gasteiger partial charge in [0.15, 0.2) is 11.5 Å². The van der Waals surface area contributed by atoms with Gasteiger partial charge < -0.3 is 14.7 Å². The van der Waals surface area contributed by atoms with Crippen molar-refractivity contribution in [3.8, 4) is 11.5 Å². The first-order valence-corrected chi connectivity index (χ1v) is 5.46. The molecular formula is C10H13NO3S. The molecule has 0 bridgehead atoms. The SMILES string of the molecule is COc1cc(/C=N/O)c(SC)cc1OC. The summed E-state index contributed by atoms with van der Waals surface area (Å²) < 4.78 is 10.3. The summed E-state index contributed by atoms with van der Waals surface area (Å²) in [4.78, 5) is 0.963. The fraction of sp³-hybridized carbons (Fsp3) is 0.300. The Bertz CT molecular complexity index is 366. The second-order valence-corrected chi connectivity index (χ2v) is 3.54. The van der Waals surface area contributed by atoms with E-state index in [1.165, 1.54) is 6.21 Å². The smallest absolute Gasteiger partial charge is 0.161 e. The molecule has 5 heteroatoms. The molecule has 0 saturated carbocycles. The maximum absolute atomic E-state index is 8.52. The number of hydrogen-bond donors (Lipinski definition) is 1. The van der Waals surface area contributed by atoms with Crippen LogP contribution >= 0.6 is 11.8 Å². The minimum atomic E-state index is 0.616. The van der Waals surface area contributed by atoms with Gasteiger partial charge in [0.05, 0.1) is 20.4 Å². The molecule has 0 aliphatic rings. The van der Waals surface area contributed by atoms with Crippen molar-refractivity contribution in [2.75, 3.05) is 20.5 Å². The highest BCUT2D eigenvalue weighted by molar-refractivity contribution is 7.98. The number of thioether (sulfide) groups is 1. The van der Waals surface area contributed by atoms with E-state index < -0.39 is 0 Å². The van der Waals surface area contributed by atoms with Crippen LogP contribution in [0.15, 0.2) is 22.2 Å². The molecule has 0 radical (unpaired) electrons. The number of rotatable bonds is 4. The van der Waals surface area contributed by atoms with Gasteiger partial charge in [-0.25, -0.2) is 0 Å². The number of nitrogens with zero attached hydrogens (tertiary/aromatic N) is 1. The van der Waals surface area contributed by atoms with Crippen LogP contribution in [0.2, 0.25) is 0 Å². The first-order valence-electron chi connectivity index (χ1n) is 4.24. The molecular weight excluding hydrogens is 214 g/mol. The monoisotopic (exact) mass is 227 g/mol. The highest BCUT2D eigenvalue weighted by Gasteiger charge is 2.09. The summed E-state index contributed by atoms with van der Waals surface area (Å²) in [7, 11) is 3.15. The zero-order chi connectivity index (χ0) is 11.3. The molecule has 0 aliphatic carbocycles. The fourth-order valence-electron chi connectivity index (χ4n) is 1.22. The number of methoxy groups -OCH3 is 2. The predicted octanol–water partition coefficient (Wildman–Crippen LogP) is 2.23. The minimum absolute atomic E-state index is 0.616. The van der Waals surface area contributed by atoms with Gasteiger partial charge in [-0.3, -0.25) is 0 Å². The van der Waals surface area contributed by atoms with Crippen molar-refractivity contribution in [1.29, 1.82) is 0 Å². The van der Waals surface area contributed by atoms with Crippen molar-refractivity contribution in [2.45, 2.75) is 4.90 Å². The lowest BCUT2D eigenvalue weighted by molar-refractivity contribution is 0.321. The fourth-order valence-corrected chi connectivity index (χ4v) is 1.79. The molecule has 82 valence electrons. The van der Waals surface area contributed by atoms with Crippen LogP contribution in [0.1, 0.15) is 5.56 Å². The molecule has 1 N–H and O–H groups in total. The Balaban J connectivity index is 3.27. The molecule has 1 aromatic rings. The average Bonchev–Trinajstić information content (AvgIpc) is 2.28. The summed E-state index contributed by atoms with van der Waals surface area (Å²) in [5.41, 5.74) is 0.794. The second-order valence-electron chi connectivity index (χ2n) is 2.69.